The van der Waals surface area contributed by atoms with E-state index in [-0.39, 0.29) is 12.5 Å². The maximum absolute atomic E-state index is 12.2. The van der Waals surface area contributed by atoms with Gasteiger partial charge >= 0.3 is 5.97 Å². The molecule has 0 radical (unpaired) electrons. The van der Waals surface area contributed by atoms with Gasteiger partial charge in [0.2, 0.25) is 0 Å². The second-order valence-corrected chi connectivity index (χ2v) is 4.41. The zero-order valence-electron chi connectivity index (χ0n) is 10.5. The molecule has 0 atom stereocenters. The number of hydrogen-bond donors (Lipinski definition) is 1. The lowest BCUT2D eigenvalue weighted by Gasteiger charge is -2.20. The van der Waals surface area contributed by atoms with Crippen LogP contribution in [0.4, 0.5) is 0 Å². The van der Waals surface area contributed by atoms with Crippen molar-refractivity contribution in [2.75, 3.05) is 32.7 Å². The van der Waals surface area contributed by atoms with Crippen molar-refractivity contribution in [3.63, 3.8) is 0 Å². The number of carboxylic acids is 1. The lowest BCUT2D eigenvalue weighted by Crippen LogP contribution is -2.37. The van der Waals surface area contributed by atoms with Crippen LogP contribution in [0.3, 0.4) is 0 Å². The van der Waals surface area contributed by atoms with Crippen molar-refractivity contribution in [3.8, 4) is 0 Å². The number of nitrogens with zero attached hydrogens (tertiary/aromatic N) is 4. The van der Waals surface area contributed by atoms with Gasteiger partial charge in [-0.2, -0.15) is 0 Å². The summed E-state index contributed by atoms with van der Waals surface area (Å²) in [7, 11) is 0. The van der Waals surface area contributed by atoms with Crippen LogP contribution in [0.25, 0.3) is 0 Å². The van der Waals surface area contributed by atoms with Gasteiger partial charge < -0.3 is 10.0 Å². The van der Waals surface area contributed by atoms with E-state index in [1.807, 2.05) is 4.90 Å². The van der Waals surface area contributed by atoms with Gasteiger partial charge in [0.15, 0.2) is 0 Å². The summed E-state index contributed by atoms with van der Waals surface area (Å²) in [5, 5.41) is 8.77. The van der Waals surface area contributed by atoms with Crippen molar-refractivity contribution in [1.82, 2.24) is 19.8 Å². The molecule has 1 aliphatic heterocycles. The molecule has 0 unspecified atom stereocenters. The van der Waals surface area contributed by atoms with Crippen LogP contribution in [0.1, 0.15) is 16.9 Å². The van der Waals surface area contributed by atoms with Crippen molar-refractivity contribution in [2.24, 2.45) is 0 Å². The van der Waals surface area contributed by atoms with Gasteiger partial charge in [-0.05, 0) is 6.42 Å². The molecule has 1 N–H and O–H groups in total. The van der Waals surface area contributed by atoms with Gasteiger partial charge in [0, 0.05) is 38.6 Å². The number of rotatable bonds is 3. The first-order valence-corrected chi connectivity index (χ1v) is 6.16. The van der Waals surface area contributed by atoms with Crippen LogP contribution in [0.2, 0.25) is 0 Å². The van der Waals surface area contributed by atoms with Crippen molar-refractivity contribution in [3.05, 3.63) is 24.3 Å². The molecule has 0 aromatic carbocycles. The highest BCUT2D eigenvalue weighted by Crippen LogP contribution is 2.06. The summed E-state index contributed by atoms with van der Waals surface area (Å²) in [5.74, 6) is -0.987. The third kappa shape index (κ3) is 3.72. The second-order valence-electron chi connectivity index (χ2n) is 4.41. The molecular formula is C12H16N4O3. The number of carbonyl (C=O) groups is 2. The number of aliphatic carboxylic acids is 1. The SMILES string of the molecule is O=C(O)CN1CCCN(C(=O)c2cnccn2)CC1. The molecule has 19 heavy (non-hydrogen) atoms. The highest BCUT2D eigenvalue weighted by Gasteiger charge is 2.21. The number of hydrogen-bond acceptors (Lipinski definition) is 5. The third-order valence-electron chi connectivity index (χ3n) is 3.02. The van der Waals surface area contributed by atoms with Crippen LogP contribution in [-0.2, 0) is 4.79 Å². The molecule has 1 aromatic rings. The fraction of sp³-hybridized carbons (Fsp3) is 0.500. The molecule has 1 fully saturated rings. The Balaban J connectivity index is 1.96. The molecule has 7 heteroatoms. The molecule has 0 bridgehead atoms. The van der Waals surface area contributed by atoms with E-state index in [2.05, 4.69) is 9.97 Å². The number of carboxylic acid groups (broad SMARTS) is 1. The molecule has 2 heterocycles. The van der Waals surface area contributed by atoms with Gasteiger partial charge in [-0.25, -0.2) is 4.98 Å². The summed E-state index contributed by atoms with van der Waals surface area (Å²) in [4.78, 5) is 34.3. The van der Waals surface area contributed by atoms with E-state index < -0.39 is 5.97 Å². The molecule has 0 spiro atoms. The monoisotopic (exact) mass is 264 g/mol. The van der Waals surface area contributed by atoms with Crippen LogP contribution < -0.4 is 0 Å². The fourth-order valence-electron chi connectivity index (χ4n) is 2.09. The fourth-order valence-corrected chi connectivity index (χ4v) is 2.09. The molecule has 0 aliphatic carbocycles. The molecule has 7 nitrogen and oxygen atoms in total. The van der Waals surface area contributed by atoms with E-state index in [1.54, 1.807) is 4.90 Å². The smallest absolute Gasteiger partial charge is 0.317 e. The van der Waals surface area contributed by atoms with E-state index in [9.17, 15) is 9.59 Å². The van der Waals surface area contributed by atoms with E-state index in [1.165, 1.54) is 18.6 Å². The summed E-state index contributed by atoms with van der Waals surface area (Å²) < 4.78 is 0. The molecular weight excluding hydrogens is 248 g/mol. The van der Waals surface area contributed by atoms with Gasteiger partial charge in [0.05, 0.1) is 12.7 Å². The van der Waals surface area contributed by atoms with Crippen molar-refractivity contribution >= 4 is 11.9 Å². The van der Waals surface area contributed by atoms with E-state index in [0.717, 1.165) is 6.42 Å². The molecule has 102 valence electrons. The van der Waals surface area contributed by atoms with E-state index in [0.29, 0.717) is 31.9 Å². The zero-order valence-corrected chi connectivity index (χ0v) is 10.5. The van der Waals surface area contributed by atoms with Crippen LogP contribution in [0, 0.1) is 0 Å². The quantitative estimate of drug-likeness (QED) is 0.807. The standard InChI is InChI=1S/C12H16N4O3/c17-11(18)9-15-4-1-5-16(7-6-15)12(19)10-8-13-2-3-14-10/h2-3,8H,1,4-7,9H2,(H,17,18). The number of carbonyl (C=O) groups excluding carboxylic acids is 1. The van der Waals surface area contributed by atoms with Crippen molar-refractivity contribution in [1.29, 1.82) is 0 Å². The Hall–Kier alpha value is -2.02. The predicted octanol–water partition coefficient (Wildman–Crippen LogP) is -0.291. The Morgan fingerprint density at radius 1 is 1.21 bits per heavy atom. The Bertz CT molecular complexity index is 452. The number of aromatic nitrogens is 2. The van der Waals surface area contributed by atoms with Crippen LogP contribution >= 0.6 is 0 Å². The maximum atomic E-state index is 12.2. The van der Waals surface area contributed by atoms with Gasteiger partial charge in [-0.3, -0.25) is 19.5 Å². The third-order valence-corrected chi connectivity index (χ3v) is 3.02. The van der Waals surface area contributed by atoms with Crippen LogP contribution in [-0.4, -0.2) is 69.5 Å². The molecule has 1 amide bonds. The average molecular weight is 264 g/mol. The van der Waals surface area contributed by atoms with Gasteiger partial charge in [0.1, 0.15) is 5.69 Å². The summed E-state index contributed by atoms with van der Waals surface area (Å²) >= 11 is 0. The summed E-state index contributed by atoms with van der Waals surface area (Å²) in [6, 6.07) is 0. The van der Waals surface area contributed by atoms with Crippen LogP contribution in [0.15, 0.2) is 18.6 Å². The van der Waals surface area contributed by atoms with Gasteiger partial charge in [0.25, 0.3) is 5.91 Å². The zero-order chi connectivity index (χ0) is 13.7. The predicted molar refractivity (Wildman–Crippen MR) is 66.6 cm³/mol. The lowest BCUT2D eigenvalue weighted by molar-refractivity contribution is -0.138. The van der Waals surface area contributed by atoms with E-state index >= 15 is 0 Å². The normalized spacial score (nSPS) is 16.9. The molecule has 1 aliphatic rings. The van der Waals surface area contributed by atoms with Gasteiger partial charge in [-0.1, -0.05) is 0 Å². The Labute approximate surface area is 110 Å². The summed E-state index contributed by atoms with van der Waals surface area (Å²) in [5.41, 5.74) is 0.328. The first kappa shape index (κ1) is 13.4. The van der Waals surface area contributed by atoms with E-state index in [4.69, 9.17) is 5.11 Å². The highest BCUT2D eigenvalue weighted by atomic mass is 16.4. The molecule has 1 saturated heterocycles. The molecule has 1 aromatic heterocycles. The summed E-state index contributed by atoms with van der Waals surface area (Å²) in [6.07, 6.45) is 5.22. The minimum absolute atomic E-state index is 0.0210. The Morgan fingerprint density at radius 3 is 2.74 bits per heavy atom. The second kappa shape index (κ2) is 6.24. The van der Waals surface area contributed by atoms with Crippen molar-refractivity contribution in [2.45, 2.75) is 6.42 Å². The largest absolute Gasteiger partial charge is 0.480 e. The Kier molecular flexibility index (Phi) is 4.40. The number of amides is 1. The lowest BCUT2D eigenvalue weighted by atomic mass is 10.3. The van der Waals surface area contributed by atoms with Gasteiger partial charge in [-0.15, -0.1) is 0 Å². The average Bonchev–Trinajstić information content (AvgIpc) is 2.64. The Morgan fingerprint density at radius 2 is 2.05 bits per heavy atom. The first-order valence-electron chi connectivity index (χ1n) is 6.16. The molecule has 2 rings (SSSR count). The molecule has 0 saturated carbocycles. The highest BCUT2D eigenvalue weighted by molar-refractivity contribution is 5.91. The minimum atomic E-state index is -0.839. The minimum Gasteiger partial charge on any atom is -0.480 e. The first-order chi connectivity index (χ1) is 9.16. The van der Waals surface area contributed by atoms with Crippen molar-refractivity contribution < 1.29 is 14.7 Å². The maximum Gasteiger partial charge on any atom is 0.317 e. The van der Waals surface area contributed by atoms with Crippen LogP contribution in [0.5, 0.6) is 0 Å². The summed E-state index contributed by atoms with van der Waals surface area (Å²) in [6.45, 7) is 2.41. The topological polar surface area (TPSA) is 86.6 Å².